The molecule has 1 amide bonds. The Labute approximate surface area is 232 Å². The second kappa shape index (κ2) is 11.3. The summed E-state index contributed by atoms with van der Waals surface area (Å²) in [4.78, 5) is 35.7. The number of benzene rings is 1. The van der Waals surface area contributed by atoms with Crippen LogP contribution in [0.3, 0.4) is 0 Å². The molecule has 2 N–H and O–H groups in total. The van der Waals surface area contributed by atoms with E-state index in [1.54, 1.807) is 4.57 Å². The zero-order chi connectivity index (χ0) is 28.6. The van der Waals surface area contributed by atoms with Gasteiger partial charge in [0.1, 0.15) is 12.2 Å². The number of aromatic nitrogens is 4. The standard InChI is InChI=1S/C25H30ClF3N8O3/c1-3-19-21(34-6-4-30-5-7-34)22(39)37-24(32-23(33-37)35-8-10-40-11-9-35)36(19)14-20(38)31-18-13-17(26)16(12-15(18)2)25(27,28)29/h12-13,30H,3-11,14H2,1-2H3,(H,31,38). The van der Waals surface area contributed by atoms with Gasteiger partial charge in [-0.05, 0) is 31.0 Å². The summed E-state index contributed by atoms with van der Waals surface area (Å²) < 4.78 is 48.1. The Bertz CT molecular complexity index is 1480. The highest BCUT2D eigenvalue weighted by Gasteiger charge is 2.34. The molecular formula is C25H30ClF3N8O3. The molecule has 2 saturated heterocycles. The number of halogens is 4. The van der Waals surface area contributed by atoms with Gasteiger partial charge in [0.05, 0.1) is 29.5 Å². The van der Waals surface area contributed by atoms with Crippen LogP contribution in [-0.2, 0) is 28.7 Å². The molecule has 40 heavy (non-hydrogen) atoms. The lowest BCUT2D eigenvalue weighted by molar-refractivity contribution is -0.137. The Morgan fingerprint density at radius 3 is 2.50 bits per heavy atom. The highest BCUT2D eigenvalue weighted by atomic mass is 35.5. The minimum absolute atomic E-state index is 0.163. The van der Waals surface area contributed by atoms with E-state index in [9.17, 15) is 22.8 Å². The molecule has 216 valence electrons. The Morgan fingerprint density at radius 2 is 1.85 bits per heavy atom. The number of alkyl halides is 3. The van der Waals surface area contributed by atoms with Crippen molar-refractivity contribution in [2.75, 3.05) is 67.6 Å². The van der Waals surface area contributed by atoms with E-state index in [-0.39, 0.29) is 29.1 Å². The number of fused-ring (bicyclic) bond motifs is 1. The van der Waals surface area contributed by atoms with E-state index in [0.717, 1.165) is 12.1 Å². The van der Waals surface area contributed by atoms with E-state index < -0.39 is 22.7 Å². The molecule has 1 aromatic carbocycles. The summed E-state index contributed by atoms with van der Waals surface area (Å²) >= 11 is 5.90. The van der Waals surface area contributed by atoms with Crippen LogP contribution in [0.25, 0.3) is 5.78 Å². The minimum atomic E-state index is -4.62. The molecule has 0 spiro atoms. The molecule has 0 aliphatic carbocycles. The predicted octanol–water partition coefficient (Wildman–Crippen LogP) is 2.32. The molecule has 0 bridgehead atoms. The van der Waals surface area contributed by atoms with Gasteiger partial charge in [-0.3, -0.25) is 9.59 Å². The summed E-state index contributed by atoms with van der Waals surface area (Å²) in [6.45, 7) is 7.85. The maximum Gasteiger partial charge on any atom is 0.417 e. The van der Waals surface area contributed by atoms with Gasteiger partial charge >= 0.3 is 6.18 Å². The summed E-state index contributed by atoms with van der Waals surface area (Å²) in [5.74, 6) is 0.0559. The van der Waals surface area contributed by atoms with Gasteiger partial charge in [0, 0.05) is 45.0 Å². The number of anilines is 3. The molecule has 4 heterocycles. The van der Waals surface area contributed by atoms with Gasteiger partial charge in [0.15, 0.2) is 0 Å². The Balaban J connectivity index is 1.56. The van der Waals surface area contributed by atoms with Gasteiger partial charge in [0.2, 0.25) is 17.6 Å². The second-order valence-corrected chi connectivity index (χ2v) is 10.1. The number of ether oxygens (including phenoxy) is 1. The molecule has 0 saturated carbocycles. The number of hydrogen-bond acceptors (Lipinski definition) is 8. The molecule has 3 aromatic rings. The van der Waals surface area contributed by atoms with Crippen molar-refractivity contribution in [3.63, 3.8) is 0 Å². The number of amides is 1. The predicted molar refractivity (Wildman–Crippen MR) is 145 cm³/mol. The van der Waals surface area contributed by atoms with E-state index >= 15 is 0 Å². The number of nitrogens with one attached hydrogen (secondary N) is 2. The van der Waals surface area contributed by atoms with Crippen LogP contribution in [0.15, 0.2) is 16.9 Å². The Kier molecular flexibility index (Phi) is 7.93. The fourth-order valence-electron chi connectivity index (χ4n) is 5.07. The zero-order valence-corrected chi connectivity index (χ0v) is 22.9. The van der Waals surface area contributed by atoms with Crippen LogP contribution in [0.1, 0.15) is 23.7 Å². The number of morpholine rings is 1. The van der Waals surface area contributed by atoms with Crippen LogP contribution in [-0.4, -0.2) is 77.6 Å². The van der Waals surface area contributed by atoms with Crippen molar-refractivity contribution in [2.24, 2.45) is 0 Å². The van der Waals surface area contributed by atoms with E-state index in [1.807, 2.05) is 16.7 Å². The number of aryl methyl sites for hydroxylation is 1. The molecular weight excluding hydrogens is 553 g/mol. The average Bonchev–Trinajstić information content (AvgIpc) is 3.38. The highest BCUT2D eigenvalue weighted by molar-refractivity contribution is 6.31. The number of carbonyl (C=O) groups excluding carboxylic acids is 1. The Morgan fingerprint density at radius 1 is 1.15 bits per heavy atom. The minimum Gasteiger partial charge on any atom is -0.378 e. The summed E-state index contributed by atoms with van der Waals surface area (Å²) in [5.41, 5.74) is 0.164. The summed E-state index contributed by atoms with van der Waals surface area (Å²) in [6.07, 6.45) is -4.18. The maximum absolute atomic E-state index is 13.8. The lowest BCUT2D eigenvalue weighted by Crippen LogP contribution is -2.47. The highest BCUT2D eigenvalue weighted by Crippen LogP contribution is 2.37. The summed E-state index contributed by atoms with van der Waals surface area (Å²) in [6, 6.07) is 2.00. The van der Waals surface area contributed by atoms with Crippen molar-refractivity contribution in [1.82, 2.24) is 24.5 Å². The first-order valence-corrected chi connectivity index (χ1v) is 13.4. The Hall–Kier alpha value is -3.36. The van der Waals surface area contributed by atoms with Gasteiger partial charge in [-0.15, -0.1) is 5.10 Å². The third kappa shape index (κ3) is 5.47. The normalized spacial score (nSPS) is 16.6. The van der Waals surface area contributed by atoms with Gasteiger partial charge < -0.3 is 29.7 Å². The van der Waals surface area contributed by atoms with Crippen LogP contribution in [0.4, 0.5) is 30.5 Å². The largest absolute Gasteiger partial charge is 0.417 e. The summed E-state index contributed by atoms with van der Waals surface area (Å²) in [5, 5.41) is 9.96. The molecule has 0 atom stereocenters. The third-order valence-corrected chi connectivity index (χ3v) is 7.38. The number of nitrogens with zero attached hydrogens (tertiary/aromatic N) is 6. The van der Waals surface area contributed by atoms with Crippen LogP contribution in [0.2, 0.25) is 5.02 Å². The van der Waals surface area contributed by atoms with Crippen molar-refractivity contribution in [2.45, 2.75) is 33.0 Å². The molecule has 2 aliphatic rings. The smallest absolute Gasteiger partial charge is 0.378 e. The zero-order valence-electron chi connectivity index (χ0n) is 22.1. The fraction of sp³-hybridized carbons (Fsp3) is 0.520. The lowest BCUT2D eigenvalue weighted by atomic mass is 10.1. The topological polar surface area (TPSA) is 109 Å². The van der Waals surface area contributed by atoms with E-state index in [1.165, 1.54) is 11.4 Å². The fourth-order valence-corrected chi connectivity index (χ4v) is 5.34. The maximum atomic E-state index is 13.8. The molecule has 0 radical (unpaired) electrons. The van der Waals surface area contributed by atoms with Crippen molar-refractivity contribution in [3.05, 3.63) is 44.3 Å². The van der Waals surface area contributed by atoms with Crippen LogP contribution >= 0.6 is 11.6 Å². The van der Waals surface area contributed by atoms with Crippen LogP contribution in [0, 0.1) is 6.92 Å². The number of hydrogen-bond donors (Lipinski definition) is 2. The van der Waals surface area contributed by atoms with Gasteiger partial charge in [-0.1, -0.05) is 18.5 Å². The molecule has 2 aliphatic heterocycles. The van der Waals surface area contributed by atoms with E-state index in [0.29, 0.717) is 76.2 Å². The van der Waals surface area contributed by atoms with Crippen molar-refractivity contribution < 1.29 is 22.7 Å². The monoisotopic (exact) mass is 582 g/mol. The molecule has 5 rings (SSSR count). The molecule has 2 fully saturated rings. The number of carbonyl (C=O) groups is 1. The molecule has 11 nitrogen and oxygen atoms in total. The number of rotatable bonds is 6. The van der Waals surface area contributed by atoms with Crippen molar-refractivity contribution >= 4 is 40.6 Å². The van der Waals surface area contributed by atoms with Crippen molar-refractivity contribution in [1.29, 1.82) is 0 Å². The lowest BCUT2D eigenvalue weighted by Gasteiger charge is -2.31. The molecule has 15 heteroatoms. The summed E-state index contributed by atoms with van der Waals surface area (Å²) in [7, 11) is 0. The van der Waals surface area contributed by atoms with Gasteiger partial charge in [0.25, 0.3) is 5.56 Å². The third-order valence-electron chi connectivity index (χ3n) is 7.07. The van der Waals surface area contributed by atoms with Crippen molar-refractivity contribution in [3.8, 4) is 0 Å². The second-order valence-electron chi connectivity index (χ2n) is 9.69. The number of piperazine rings is 1. The van der Waals surface area contributed by atoms with Crippen LogP contribution < -0.4 is 26.0 Å². The van der Waals surface area contributed by atoms with E-state index in [4.69, 9.17) is 16.3 Å². The first-order chi connectivity index (χ1) is 19.1. The van der Waals surface area contributed by atoms with Gasteiger partial charge in [-0.25, -0.2) is 0 Å². The SMILES string of the molecule is CCc1c(N2CCNCC2)c(=O)n2nc(N3CCOCC3)nc2n1CC(=O)Nc1cc(Cl)c(C(F)(F)F)cc1C. The van der Waals surface area contributed by atoms with Gasteiger partial charge in [-0.2, -0.15) is 22.7 Å². The first kappa shape index (κ1) is 28.2. The molecule has 2 aromatic heterocycles. The first-order valence-electron chi connectivity index (χ1n) is 13.1. The quantitative estimate of drug-likeness (QED) is 0.456. The average molecular weight is 583 g/mol. The van der Waals surface area contributed by atoms with Crippen LogP contribution in [0.5, 0.6) is 0 Å². The molecule has 0 unspecified atom stereocenters. The van der Waals surface area contributed by atoms with E-state index in [2.05, 4.69) is 20.7 Å².